The molecule has 0 spiro atoms. The third-order valence-corrected chi connectivity index (χ3v) is 3.99. The zero-order valence-corrected chi connectivity index (χ0v) is 13.8. The number of anilines is 2. The van der Waals surface area contributed by atoms with Crippen molar-refractivity contribution in [1.29, 1.82) is 0 Å². The van der Waals surface area contributed by atoms with Gasteiger partial charge in [-0.05, 0) is 37.1 Å². The Hall–Kier alpha value is -2.82. The van der Waals surface area contributed by atoms with Crippen molar-refractivity contribution in [2.24, 2.45) is 0 Å². The number of nitrogens with one attached hydrogen (secondary N) is 1. The van der Waals surface area contributed by atoms with Crippen LogP contribution in [-0.4, -0.2) is 24.5 Å². The van der Waals surface area contributed by atoms with Gasteiger partial charge in [0.2, 0.25) is 5.91 Å². The zero-order chi connectivity index (χ0) is 17.1. The summed E-state index contributed by atoms with van der Waals surface area (Å²) < 4.78 is 5.62. The second kappa shape index (κ2) is 6.74. The summed E-state index contributed by atoms with van der Waals surface area (Å²) in [5, 5.41) is 2.69. The lowest BCUT2D eigenvalue weighted by Crippen LogP contribution is -2.39. The van der Waals surface area contributed by atoms with E-state index in [1.165, 1.54) is 12.5 Å². The number of benzene rings is 2. The van der Waals surface area contributed by atoms with Gasteiger partial charge >= 0.3 is 0 Å². The Morgan fingerprint density at radius 1 is 1.21 bits per heavy atom. The largest absolute Gasteiger partial charge is 0.484 e. The monoisotopic (exact) mass is 324 g/mol. The highest BCUT2D eigenvalue weighted by molar-refractivity contribution is 5.97. The van der Waals surface area contributed by atoms with Gasteiger partial charge in [-0.1, -0.05) is 24.3 Å². The van der Waals surface area contributed by atoms with E-state index in [9.17, 15) is 9.59 Å². The molecule has 0 aromatic heterocycles. The molecule has 1 aliphatic rings. The van der Waals surface area contributed by atoms with Gasteiger partial charge in [-0.3, -0.25) is 9.59 Å². The van der Waals surface area contributed by atoms with Crippen molar-refractivity contribution in [3.05, 3.63) is 54.1 Å². The van der Waals surface area contributed by atoms with E-state index in [4.69, 9.17) is 4.74 Å². The number of carbonyl (C=O) groups is 2. The predicted octanol–water partition coefficient (Wildman–Crippen LogP) is 3.00. The summed E-state index contributed by atoms with van der Waals surface area (Å²) in [6, 6.07) is 15.1. The fourth-order valence-corrected chi connectivity index (χ4v) is 3.03. The summed E-state index contributed by atoms with van der Waals surface area (Å²) in [5.74, 6) is 0.331. The molecule has 0 saturated carbocycles. The molecule has 1 N–H and O–H groups in total. The molecule has 0 radical (unpaired) electrons. The molecule has 2 aromatic carbocycles. The number of carbonyl (C=O) groups excluding carboxylic acids is 2. The predicted molar refractivity (Wildman–Crippen MR) is 93.3 cm³/mol. The van der Waals surface area contributed by atoms with E-state index in [1.54, 1.807) is 29.2 Å². The number of fused-ring (bicyclic) bond motifs is 1. The Balaban J connectivity index is 1.67. The lowest BCUT2D eigenvalue weighted by atomic mass is 10.1. The first-order valence-corrected chi connectivity index (χ1v) is 7.95. The molecule has 124 valence electrons. The number of hydrogen-bond donors (Lipinski definition) is 1. The molecule has 0 aliphatic carbocycles. The van der Waals surface area contributed by atoms with Crippen LogP contribution in [0.1, 0.15) is 19.4 Å². The maximum absolute atomic E-state index is 12.6. The van der Waals surface area contributed by atoms with E-state index in [0.29, 0.717) is 11.4 Å². The van der Waals surface area contributed by atoms with Crippen LogP contribution in [0.15, 0.2) is 48.5 Å². The number of hydrogen-bond acceptors (Lipinski definition) is 3. The molecule has 0 bridgehead atoms. The molecular weight excluding hydrogens is 304 g/mol. The normalized spacial score (nSPS) is 15.8. The van der Waals surface area contributed by atoms with Crippen molar-refractivity contribution in [2.45, 2.75) is 26.3 Å². The van der Waals surface area contributed by atoms with Gasteiger partial charge in [0.15, 0.2) is 6.61 Å². The lowest BCUT2D eigenvalue weighted by molar-refractivity contribution is -0.121. The fraction of sp³-hybridized carbons (Fsp3) is 0.263. The average Bonchev–Trinajstić information content (AvgIpc) is 2.88. The number of amides is 2. The molecule has 3 rings (SSSR count). The Bertz CT molecular complexity index is 773. The molecule has 5 nitrogen and oxygen atoms in total. The number of rotatable bonds is 4. The zero-order valence-electron chi connectivity index (χ0n) is 13.8. The highest BCUT2D eigenvalue weighted by Gasteiger charge is 2.30. The van der Waals surface area contributed by atoms with Crippen LogP contribution in [0.25, 0.3) is 0 Å². The Kier molecular flexibility index (Phi) is 4.51. The Morgan fingerprint density at radius 2 is 2.00 bits per heavy atom. The summed E-state index contributed by atoms with van der Waals surface area (Å²) in [6.07, 6.45) is 0.861. The van der Waals surface area contributed by atoms with Crippen molar-refractivity contribution >= 4 is 23.2 Å². The van der Waals surface area contributed by atoms with Crippen molar-refractivity contribution in [3.8, 4) is 5.75 Å². The van der Waals surface area contributed by atoms with Crippen LogP contribution in [0, 0.1) is 0 Å². The summed E-state index contributed by atoms with van der Waals surface area (Å²) in [5.41, 5.74) is 2.80. The Labute approximate surface area is 141 Å². The molecule has 24 heavy (non-hydrogen) atoms. The van der Waals surface area contributed by atoms with Gasteiger partial charge in [0.05, 0.1) is 0 Å². The maximum Gasteiger partial charge on any atom is 0.265 e. The topological polar surface area (TPSA) is 58.6 Å². The quantitative estimate of drug-likeness (QED) is 0.940. The van der Waals surface area contributed by atoms with Gasteiger partial charge in [0.25, 0.3) is 5.91 Å². The number of nitrogens with zero attached hydrogens (tertiary/aromatic N) is 1. The van der Waals surface area contributed by atoms with Crippen LogP contribution in [0.3, 0.4) is 0 Å². The standard InChI is InChI=1S/C19H20N2O3/c1-13-10-15-6-3-4-9-18(15)21(13)19(23)12-24-17-8-5-7-16(11-17)20-14(2)22/h3-9,11,13H,10,12H2,1-2H3,(H,20,22)/t13-/m1/s1. The van der Waals surface area contributed by atoms with Crippen LogP contribution in [0.5, 0.6) is 5.75 Å². The highest BCUT2D eigenvalue weighted by atomic mass is 16.5. The van der Waals surface area contributed by atoms with Gasteiger partial charge in [0.1, 0.15) is 5.75 Å². The molecule has 0 fully saturated rings. The first-order chi connectivity index (χ1) is 11.5. The molecule has 2 aromatic rings. The second-order valence-electron chi connectivity index (χ2n) is 5.94. The first-order valence-electron chi connectivity index (χ1n) is 7.95. The third kappa shape index (κ3) is 3.40. The Morgan fingerprint density at radius 3 is 2.79 bits per heavy atom. The van der Waals surface area contributed by atoms with Crippen LogP contribution in [-0.2, 0) is 16.0 Å². The third-order valence-electron chi connectivity index (χ3n) is 3.99. The second-order valence-corrected chi connectivity index (χ2v) is 5.94. The molecule has 1 atom stereocenters. The lowest BCUT2D eigenvalue weighted by Gasteiger charge is -2.22. The molecule has 1 aliphatic heterocycles. The van der Waals surface area contributed by atoms with Gasteiger partial charge in [0, 0.05) is 30.4 Å². The highest BCUT2D eigenvalue weighted by Crippen LogP contribution is 2.31. The summed E-state index contributed by atoms with van der Waals surface area (Å²) in [6.45, 7) is 3.45. The van der Waals surface area contributed by atoms with E-state index in [0.717, 1.165) is 12.1 Å². The average molecular weight is 324 g/mol. The van der Waals surface area contributed by atoms with Crippen LogP contribution >= 0.6 is 0 Å². The van der Waals surface area contributed by atoms with Gasteiger partial charge in [-0.25, -0.2) is 0 Å². The van der Waals surface area contributed by atoms with Crippen molar-refractivity contribution in [1.82, 2.24) is 0 Å². The molecule has 0 unspecified atom stereocenters. The van der Waals surface area contributed by atoms with Crippen molar-refractivity contribution in [3.63, 3.8) is 0 Å². The van der Waals surface area contributed by atoms with Gasteiger partial charge in [-0.2, -0.15) is 0 Å². The van der Waals surface area contributed by atoms with Crippen molar-refractivity contribution < 1.29 is 14.3 Å². The maximum atomic E-state index is 12.6. The minimum atomic E-state index is -0.147. The summed E-state index contributed by atoms with van der Waals surface area (Å²) >= 11 is 0. The molecule has 1 heterocycles. The summed E-state index contributed by atoms with van der Waals surface area (Å²) in [7, 11) is 0. The van der Waals surface area contributed by atoms with E-state index >= 15 is 0 Å². The van der Waals surface area contributed by atoms with Gasteiger partial charge in [-0.15, -0.1) is 0 Å². The molecule has 5 heteroatoms. The number of para-hydroxylation sites is 1. The fourth-order valence-electron chi connectivity index (χ4n) is 3.03. The molecule has 2 amide bonds. The van der Waals surface area contributed by atoms with E-state index < -0.39 is 0 Å². The minimum Gasteiger partial charge on any atom is -0.484 e. The molecular formula is C19H20N2O3. The van der Waals surface area contributed by atoms with E-state index in [-0.39, 0.29) is 24.5 Å². The van der Waals surface area contributed by atoms with Crippen molar-refractivity contribution in [2.75, 3.05) is 16.8 Å². The first kappa shape index (κ1) is 16.1. The van der Waals surface area contributed by atoms with E-state index in [1.807, 2.05) is 25.1 Å². The van der Waals surface area contributed by atoms with Crippen LogP contribution in [0.2, 0.25) is 0 Å². The minimum absolute atomic E-state index is 0.0395. The summed E-state index contributed by atoms with van der Waals surface area (Å²) in [4.78, 5) is 25.5. The van der Waals surface area contributed by atoms with Crippen LogP contribution < -0.4 is 15.0 Å². The van der Waals surface area contributed by atoms with Gasteiger partial charge < -0.3 is 15.0 Å². The SMILES string of the molecule is CC(=O)Nc1cccc(OCC(=O)N2c3ccccc3C[C@H]2C)c1. The molecule has 0 saturated heterocycles. The number of ether oxygens (including phenoxy) is 1. The smallest absolute Gasteiger partial charge is 0.265 e. The van der Waals surface area contributed by atoms with Crippen LogP contribution in [0.4, 0.5) is 11.4 Å². The van der Waals surface area contributed by atoms with E-state index in [2.05, 4.69) is 11.4 Å².